The highest BCUT2D eigenvalue weighted by Gasteiger charge is 2.13. The molecule has 0 aromatic rings. The zero-order valence-electron chi connectivity index (χ0n) is 13.6. The van der Waals surface area contributed by atoms with E-state index in [0.29, 0.717) is 24.5 Å². The SMILES string of the molecule is COC(=O)/C=C1\CCC=C(C#CCCCOC2CCCCO2)O1. The van der Waals surface area contributed by atoms with E-state index in [4.69, 9.17) is 14.2 Å². The van der Waals surface area contributed by atoms with E-state index in [1.54, 1.807) is 0 Å². The van der Waals surface area contributed by atoms with Crippen molar-refractivity contribution in [3.63, 3.8) is 0 Å². The Morgan fingerprint density at radius 1 is 1.48 bits per heavy atom. The van der Waals surface area contributed by atoms with Crippen molar-refractivity contribution in [1.82, 2.24) is 0 Å². The van der Waals surface area contributed by atoms with Crippen molar-refractivity contribution in [2.24, 2.45) is 0 Å². The van der Waals surface area contributed by atoms with Gasteiger partial charge in [-0.15, -0.1) is 0 Å². The summed E-state index contributed by atoms with van der Waals surface area (Å²) in [5.74, 6) is 6.86. The van der Waals surface area contributed by atoms with Gasteiger partial charge in [0.1, 0.15) is 5.76 Å². The third-order valence-corrected chi connectivity index (χ3v) is 3.54. The van der Waals surface area contributed by atoms with E-state index in [0.717, 1.165) is 38.7 Å². The van der Waals surface area contributed by atoms with Crippen LogP contribution in [0.5, 0.6) is 0 Å². The van der Waals surface area contributed by atoms with Crippen molar-refractivity contribution in [3.8, 4) is 11.8 Å². The summed E-state index contributed by atoms with van der Waals surface area (Å²) >= 11 is 0. The normalized spacial score (nSPS) is 22.6. The van der Waals surface area contributed by atoms with Crippen LogP contribution in [0.2, 0.25) is 0 Å². The van der Waals surface area contributed by atoms with Gasteiger partial charge in [0, 0.05) is 19.4 Å². The van der Waals surface area contributed by atoms with E-state index >= 15 is 0 Å². The lowest BCUT2D eigenvalue weighted by atomic mass is 10.2. The fourth-order valence-corrected chi connectivity index (χ4v) is 2.32. The van der Waals surface area contributed by atoms with E-state index in [1.165, 1.54) is 19.6 Å². The Labute approximate surface area is 137 Å². The van der Waals surface area contributed by atoms with Gasteiger partial charge >= 0.3 is 5.97 Å². The van der Waals surface area contributed by atoms with Gasteiger partial charge < -0.3 is 18.9 Å². The van der Waals surface area contributed by atoms with Gasteiger partial charge in [-0.05, 0) is 44.1 Å². The standard InChI is InChI=1S/C18H24O5/c1-20-17(19)14-16-10-7-9-15(23-16)8-3-2-5-12-21-18-11-4-6-13-22-18/h9,14,18H,2,4-7,10-13H2,1H3/b16-14+. The smallest absolute Gasteiger partial charge is 0.333 e. The third-order valence-electron chi connectivity index (χ3n) is 3.54. The number of rotatable bonds is 5. The molecule has 2 aliphatic heterocycles. The maximum absolute atomic E-state index is 11.2. The maximum atomic E-state index is 11.2. The number of carbonyl (C=O) groups excluding carboxylic acids is 1. The lowest BCUT2D eigenvalue weighted by Gasteiger charge is -2.22. The zero-order valence-corrected chi connectivity index (χ0v) is 13.6. The van der Waals surface area contributed by atoms with Crippen LogP contribution in [-0.2, 0) is 23.7 Å². The Morgan fingerprint density at radius 2 is 2.39 bits per heavy atom. The number of methoxy groups -OCH3 is 1. The monoisotopic (exact) mass is 320 g/mol. The molecule has 0 aromatic carbocycles. The summed E-state index contributed by atoms with van der Waals surface area (Å²) in [5.41, 5.74) is 0. The van der Waals surface area contributed by atoms with Crippen LogP contribution in [0, 0.1) is 11.8 Å². The second-order valence-corrected chi connectivity index (χ2v) is 5.42. The van der Waals surface area contributed by atoms with E-state index in [1.807, 2.05) is 6.08 Å². The van der Waals surface area contributed by atoms with Crippen molar-refractivity contribution in [1.29, 1.82) is 0 Å². The topological polar surface area (TPSA) is 54.0 Å². The van der Waals surface area contributed by atoms with Crippen LogP contribution in [0.3, 0.4) is 0 Å². The third kappa shape index (κ3) is 6.89. The number of ether oxygens (including phenoxy) is 4. The Kier molecular flexibility index (Phi) is 7.71. The molecule has 0 aromatic heterocycles. The van der Waals surface area contributed by atoms with Gasteiger partial charge in [0.25, 0.3) is 0 Å². The molecule has 2 aliphatic rings. The van der Waals surface area contributed by atoms with E-state index < -0.39 is 5.97 Å². The summed E-state index contributed by atoms with van der Waals surface area (Å²) in [6, 6.07) is 0. The van der Waals surface area contributed by atoms with Crippen molar-refractivity contribution in [2.75, 3.05) is 20.3 Å². The Morgan fingerprint density at radius 3 is 3.17 bits per heavy atom. The highest BCUT2D eigenvalue weighted by molar-refractivity contribution is 5.82. The molecule has 0 radical (unpaired) electrons. The fourth-order valence-electron chi connectivity index (χ4n) is 2.32. The molecule has 0 spiro atoms. The number of allylic oxidation sites excluding steroid dienone is 3. The van der Waals surface area contributed by atoms with Crippen molar-refractivity contribution in [2.45, 2.75) is 51.2 Å². The molecule has 5 nitrogen and oxygen atoms in total. The largest absolute Gasteiger partial charge is 0.466 e. The van der Waals surface area contributed by atoms with Gasteiger partial charge in [0.2, 0.25) is 0 Å². The van der Waals surface area contributed by atoms with Crippen molar-refractivity contribution < 1.29 is 23.7 Å². The van der Waals surface area contributed by atoms with Crippen LogP contribution in [0.25, 0.3) is 0 Å². The highest BCUT2D eigenvalue weighted by Crippen LogP contribution is 2.19. The van der Waals surface area contributed by atoms with Crippen LogP contribution in [0.4, 0.5) is 0 Å². The predicted molar refractivity (Wildman–Crippen MR) is 85.1 cm³/mol. The predicted octanol–water partition coefficient (Wildman–Crippen LogP) is 3.06. The molecule has 0 saturated carbocycles. The molecule has 23 heavy (non-hydrogen) atoms. The van der Waals surface area contributed by atoms with Gasteiger partial charge in [0.05, 0.1) is 19.8 Å². The Bertz CT molecular complexity index is 503. The first-order valence-corrected chi connectivity index (χ1v) is 8.16. The fraction of sp³-hybridized carbons (Fsp3) is 0.611. The number of carbonyl (C=O) groups is 1. The second-order valence-electron chi connectivity index (χ2n) is 5.42. The minimum atomic E-state index is -0.406. The molecule has 0 aliphatic carbocycles. The number of unbranched alkanes of at least 4 members (excludes halogenated alkanes) is 1. The lowest BCUT2D eigenvalue weighted by molar-refractivity contribution is -0.162. The Hall–Kier alpha value is -1.77. The van der Waals surface area contributed by atoms with Gasteiger partial charge in [-0.2, -0.15) is 0 Å². The number of esters is 1. The lowest BCUT2D eigenvalue weighted by Crippen LogP contribution is -2.22. The molecule has 126 valence electrons. The number of hydrogen-bond donors (Lipinski definition) is 0. The van der Waals surface area contributed by atoms with Crippen molar-refractivity contribution >= 4 is 5.97 Å². The highest BCUT2D eigenvalue weighted by atomic mass is 16.7. The summed E-state index contributed by atoms with van der Waals surface area (Å²) < 4.78 is 21.3. The molecule has 2 rings (SSSR count). The summed E-state index contributed by atoms with van der Waals surface area (Å²) in [6.07, 6.45) is 9.68. The Balaban J connectivity index is 1.65. The van der Waals surface area contributed by atoms with Gasteiger partial charge in [-0.25, -0.2) is 4.79 Å². The van der Waals surface area contributed by atoms with E-state index in [-0.39, 0.29) is 6.29 Å². The molecule has 1 atom stereocenters. The molecule has 5 heteroatoms. The zero-order chi connectivity index (χ0) is 16.3. The van der Waals surface area contributed by atoms with Crippen molar-refractivity contribution in [3.05, 3.63) is 23.7 Å². The van der Waals surface area contributed by atoms with Gasteiger partial charge in [-0.1, -0.05) is 5.92 Å². The van der Waals surface area contributed by atoms with Crippen LogP contribution in [-0.4, -0.2) is 32.6 Å². The van der Waals surface area contributed by atoms with E-state index in [9.17, 15) is 4.79 Å². The molecular weight excluding hydrogens is 296 g/mol. The first-order valence-electron chi connectivity index (χ1n) is 8.16. The molecule has 0 bridgehead atoms. The van der Waals surface area contributed by atoms with Crippen LogP contribution in [0.15, 0.2) is 23.7 Å². The minimum absolute atomic E-state index is 0.0351. The van der Waals surface area contributed by atoms with E-state index in [2.05, 4.69) is 16.6 Å². The minimum Gasteiger partial charge on any atom is -0.466 e. The first kappa shape index (κ1) is 17.6. The van der Waals surface area contributed by atoms with Crippen LogP contribution >= 0.6 is 0 Å². The summed E-state index contributed by atoms with van der Waals surface area (Å²) in [5, 5.41) is 0. The van der Waals surface area contributed by atoms with Crippen LogP contribution < -0.4 is 0 Å². The maximum Gasteiger partial charge on any atom is 0.333 e. The molecule has 0 amide bonds. The summed E-state index contributed by atoms with van der Waals surface area (Å²) in [4.78, 5) is 11.2. The second kappa shape index (κ2) is 10.1. The van der Waals surface area contributed by atoms with Gasteiger partial charge in [-0.3, -0.25) is 0 Å². The average molecular weight is 320 g/mol. The molecule has 2 heterocycles. The molecule has 1 unspecified atom stereocenters. The average Bonchev–Trinajstić information content (AvgIpc) is 2.59. The summed E-state index contributed by atoms with van der Waals surface area (Å²) in [7, 11) is 1.35. The molecule has 1 saturated heterocycles. The molecule has 0 N–H and O–H groups in total. The van der Waals surface area contributed by atoms with Crippen LogP contribution in [0.1, 0.15) is 44.9 Å². The van der Waals surface area contributed by atoms with Gasteiger partial charge in [0.15, 0.2) is 12.0 Å². The quantitative estimate of drug-likeness (QED) is 0.337. The number of hydrogen-bond acceptors (Lipinski definition) is 5. The molecule has 1 fully saturated rings. The first-order chi connectivity index (χ1) is 11.3. The summed E-state index contributed by atoms with van der Waals surface area (Å²) in [6.45, 7) is 1.46. The molecular formula is C18H24O5.